The van der Waals surface area contributed by atoms with Gasteiger partial charge in [-0.25, -0.2) is 0 Å². The monoisotopic (exact) mass is 505 g/mol. The smallest absolute Gasteiger partial charge is 0.370 e. The maximum atomic E-state index is 6.17. The summed E-state index contributed by atoms with van der Waals surface area (Å²) in [5.41, 5.74) is 2.25. The summed E-state index contributed by atoms with van der Waals surface area (Å²) in [6.45, 7) is 15.0. The Balaban J connectivity index is 2.26. The van der Waals surface area contributed by atoms with Gasteiger partial charge in [-0.15, -0.1) is 0 Å². The highest BCUT2D eigenvalue weighted by Crippen LogP contribution is 2.29. The predicted octanol–water partition coefficient (Wildman–Crippen LogP) is 3.84. The Bertz CT molecular complexity index is 969. The fourth-order valence-electron chi connectivity index (χ4n) is 4.49. The maximum Gasteiger partial charge on any atom is 0.537 e. The minimum Gasteiger partial charge on any atom is -0.370 e. The van der Waals surface area contributed by atoms with Gasteiger partial charge in [-0.1, -0.05) is 12.1 Å². The van der Waals surface area contributed by atoms with Gasteiger partial charge in [0.05, 0.1) is 0 Å². The zero-order valence-electron chi connectivity index (χ0n) is 21.6. The molecular weight excluding hydrogens is 466 g/mol. The lowest BCUT2D eigenvalue weighted by molar-refractivity contribution is 0.0851. The third-order valence-corrected chi connectivity index (χ3v) is 11.8. The Morgan fingerprint density at radius 1 is 0.529 bits per heavy atom. The van der Waals surface area contributed by atoms with E-state index in [-0.39, 0.29) is 0 Å². The SMILES string of the molecule is CCO[Si](OCC)(OCC)c1ccc2c(c1)c1cc([Si](OCC)(OCC)OCC)ccc1n2C. The molecule has 0 bridgehead atoms. The van der Waals surface area contributed by atoms with Crippen LogP contribution >= 0.6 is 0 Å². The van der Waals surface area contributed by atoms with Crippen molar-refractivity contribution in [3.05, 3.63) is 36.4 Å². The van der Waals surface area contributed by atoms with Gasteiger partial charge in [0.15, 0.2) is 0 Å². The summed E-state index contributed by atoms with van der Waals surface area (Å²) in [4.78, 5) is 0. The van der Waals surface area contributed by atoms with E-state index in [2.05, 4.69) is 48.0 Å². The summed E-state index contributed by atoms with van der Waals surface area (Å²) in [6, 6.07) is 12.7. The predicted molar refractivity (Wildman–Crippen MR) is 141 cm³/mol. The number of benzene rings is 2. The average molecular weight is 506 g/mol. The number of hydrogen-bond acceptors (Lipinski definition) is 6. The van der Waals surface area contributed by atoms with Crippen LogP contribution in [0.5, 0.6) is 0 Å². The highest BCUT2D eigenvalue weighted by atomic mass is 28.4. The van der Waals surface area contributed by atoms with Gasteiger partial charge in [-0.05, 0) is 65.8 Å². The van der Waals surface area contributed by atoms with Crippen molar-refractivity contribution >= 4 is 49.8 Å². The highest BCUT2D eigenvalue weighted by molar-refractivity contribution is 6.76. The van der Waals surface area contributed by atoms with Gasteiger partial charge in [0.25, 0.3) is 0 Å². The first-order valence-electron chi connectivity index (χ1n) is 12.3. The van der Waals surface area contributed by atoms with E-state index in [0.29, 0.717) is 39.6 Å². The van der Waals surface area contributed by atoms with E-state index in [4.69, 9.17) is 26.6 Å². The van der Waals surface area contributed by atoms with Gasteiger partial charge >= 0.3 is 17.6 Å². The Hall–Kier alpha value is -1.57. The second kappa shape index (κ2) is 11.9. The van der Waals surface area contributed by atoms with E-state index in [1.165, 1.54) is 0 Å². The lowest BCUT2D eigenvalue weighted by atomic mass is 10.1. The van der Waals surface area contributed by atoms with Crippen molar-refractivity contribution in [1.82, 2.24) is 4.57 Å². The maximum absolute atomic E-state index is 6.17. The molecule has 1 aromatic heterocycles. The van der Waals surface area contributed by atoms with Crippen LogP contribution in [0.2, 0.25) is 0 Å². The van der Waals surface area contributed by atoms with Crippen LogP contribution in [0.1, 0.15) is 41.5 Å². The van der Waals surface area contributed by atoms with Crippen molar-refractivity contribution in [2.24, 2.45) is 7.05 Å². The van der Waals surface area contributed by atoms with Gasteiger partial charge in [-0.3, -0.25) is 0 Å². The number of nitrogens with zero attached hydrogens (tertiary/aromatic N) is 1. The van der Waals surface area contributed by atoms with Crippen molar-refractivity contribution < 1.29 is 26.6 Å². The molecule has 0 aliphatic carbocycles. The van der Waals surface area contributed by atoms with E-state index in [9.17, 15) is 0 Å². The molecule has 0 atom stereocenters. The standard InChI is InChI=1S/C25H39NO6Si2/c1-8-27-33(28-9-2,29-10-3)20-14-16-24-22(18-20)23-19-21(15-17-25(23)26(24)7)34(30-11-4,31-12-5)32-13-6/h14-19H,8-13H2,1-7H3. The lowest BCUT2D eigenvalue weighted by Crippen LogP contribution is -2.57. The van der Waals surface area contributed by atoms with Crippen LogP contribution in [-0.2, 0) is 33.6 Å². The van der Waals surface area contributed by atoms with Crippen LogP contribution in [0.4, 0.5) is 0 Å². The highest BCUT2D eigenvalue weighted by Gasteiger charge is 2.45. The van der Waals surface area contributed by atoms with Crippen molar-refractivity contribution in [3.8, 4) is 0 Å². The van der Waals surface area contributed by atoms with Gasteiger partial charge in [-0.2, -0.15) is 0 Å². The second-order valence-electron chi connectivity index (χ2n) is 7.73. The van der Waals surface area contributed by atoms with Crippen molar-refractivity contribution in [2.75, 3.05) is 39.6 Å². The zero-order chi connectivity index (χ0) is 24.8. The van der Waals surface area contributed by atoms with Crippen LogP contribution in [0, 0.1) is 0 Å². The molecule has 188 valence electrons. The van der Waals surface area contributed by atoms with E-state index < -0.39 is 17.6 Å². The first kappa shape index (κ1) is 27.0. The van der Waals surface area contributed by atoms with E-state index in [0.717, 1.165) is 32.2 Å². The summed E-state index contributed by atoms with van der Waals surface area (Å²) in [6.07, 6.45) is 0. The molecule has 1 heterocycles. The van der Waals surface area contributed by atoms with Gasteiger partial charge in [0.1, 0.15) is 0 Å². The summed E-state index contributed by atoms with van der Waals surface area (Å²) < 4.78 is 39.2. The molecule has 3 rings (SSSR count). The number of hydrogen-bond donors (Lipinski definition) is 0. The van der Waals surface area contributed by atoms with Crippen LogP contribution in [0.3, 0.4) is 0 Å². The normalized spacial score (nSPS) is 12.8. The van der Waals surface area contributed by atoms with Crippen LogP contribution in [0.25, 0.3) is 21.8 Å². The zero-order valence-corrected chi connectivity index (χ0v) is 23.6. The Morgan fingerprint density at radius 3 is 1.09 bits per heavy atom. The average Bonchev–Trinajstić information content (AvgIpc) is 3.11. The van der Waals surface area contributed by atoms with Crippen LogP contribution < -0.4 is 10.4 Å². The second-order valence-corrected chi connectivity index (χ2v) is 12.8. The molecule has 0 aliphatic heterocycles. The van der Waals surface area contributed by atoms with Crippen molar-refractivity contribution in [3.63, 3.8) is 0 Å². The van der Waals surface area contributed by atoms with Gasteiger partial charge < -0.3 is 31.1 Å². The lowest BCUT2D eigenvalue weighted by Gasteiger charge is -2.29. The largest absolute Gasteiger partial charge is 0.537 e. The minimum absolute atomic E-state index is 0.523. The van der Waals surface area contributed by atoms with Crippen LogP contribution in [0.15, 0.2) is 36.4 Å². The number of fused-ring (bicyclic) bond motifs is 3. The fourth-order valence-corrected chi connectivity index (χ4v) is 9.49. The molecule has 0 radical (unpaired) electrons. The Morgan fingerprint density at radius 2 is 0.824 bits per heavy atom. The molecular formula is C25H39NO6Si2. The molecule has 0 amide bonds. The van der Waals surface area contributed by atoms with E-state index in [1.807, 2.05) is 41.5 Å². The summed E-state index contributed by atoms with van der Waals surface area (Å²) >= 11 is 0. The number of aromatic nitrogens is 1. The number of aryl methyl sites for hydroxylation is 1. The molecule has 0 N–H and O–H groups in total. The minimum atomic E-state index is -3.03. The van der Waals surface area contributed by atoms with E-state index >= 15 is 0 Å². The Labute approximate surface area is 205 Å². The first-order valence-corrected chi connectivity index (χ1v) is 15.8. The Kier molecular flexibility index (Phi) is 9.47. The van der Waals surface area contributed by atoms with E-state index in [1.54, 1.807) is 0 Å². The van der Waals surface area contributed by atoms with Crippen molar-refractivity contribution in [1.29, 1.82) is 0 Å². The fraction of sp³-hybridized carbons (Fsp3) is 0.520. The molecule has 0 fully saturated rings. The third kappa shape index (κ3) is 5.03. The molecule has 2 aromatic carbocycles. The van der Waals surface area contributed by atoms with Crippen molar-refractivity contribution in [2.45, 2.75) is 41.5 Å². The van der Waals surface area contributed by atoms with Gasteiger partial charge in [0, 0.05) is 78.9 Å². The first-order chi connectivity index (χ1) is 16.5. The molecule has 7 nitrogen and oxygen atoms in total. The third-order valence-electron chi connectivity index (χ3n) is 5.72. The van der Waals surface area contributed by atoms with Gasteiger partial charge in [0.2, 0.25) is 0 Å². The molecule has 0 spiro atoms. The quantitative estimate of drug-likeness (QED) is 0.310. The molecule has 3 aromatic rings. The summed E-state index contributed by atoms with van der Waals surface area (Å²) in [7, 11) is -3.98. The van der Waals surface area contributed by atoms with Crippen LogP contribution in [-0.4, -0.2) is 61.8 Å². The molecule has 0 saturated heterocycles. The topological polar surface area (TPSA) is 60.3 Å². The molecule has 0 aliphatic rings. The summed E-state index contributed by atoms with van der Waals surface area (Å²) in [5.74, 6) is 0. The molecule has 34 heavy (non-hydrogen) atoms. The summed E-state index contributed by atoms with van der Waals surface area (Å²) in [5, 5.41) is 4.15. The number of rotatable bonds is 14. The molecule has 9 heteroatoms. The molecule has 0 saturated carbocycles. The molecule has 0 unspecified atom stereocenters.